The molecule has 0 bridgehead atoms. The molecule has 0 saturated heterocycles. The van der Waals surface area contributed by atoms with Crippen LogP contribution in [0.5, 0.6) is 0 Å². The lowest BCUT2D eigenvalue weighted by Crippen LogP contribution is -2.29. The maximum absolute atomic E-state index is 10.1. The fourth-order valence-electron chi connectivity index (χ4n) is 1.86. The zero-order valence-electron chi connectivity index (χ0n) is 11.1. The number of nitrogens with zero attached hydrogens (tertiary/aromatic N) is 2. The van der Waals surface area contributed by atoms with Crippen LogP contribution in [0.3, 0.4) is 0 Å². The van der Waals surface area contributed by atoms with Crippen molar-refractivity contribution in [3.05, 3.63) is 16.4 Å². The normalized spacial score (nSPS) is 14.1. The number of halogens is 1. The molecule has 1 atom stereocenters. The van der Waals surface area contributed by atoms with Crippen molar-refractivity contribution >= 4 is 11.6 Å². The van der Waals surface area contributed by atoms with Gasteiger partial charge in [0.05, 0.1) is 17.4 Å². The average molecular weight is 261 g/mol. The van der Waals surface area contributed by atoms with Crippen molar-refractivity contribution in [2.45, 2.75) is 45.3 Å². The number of rotatable bonds is 5. The fourth-order valence-corrected chi connectivity index (χ4v) is 2.12. The molecule has 0 aromatic carbocycles. The van der Waals surface area contributed by atoms with E-state index in [9.17, 15) is 5.11 Å². The van der Waals surface area contributed by atoms with Crippen molar-refractivity contribution < 1.29 is 9.84 Å². The average Bonchev–Trinajstić information content (AvgIpc) is 2.44. The van der Waals surface area contributed by atoms with E-state index in [1.54, 1.807) is 18.8 Å². The van der Waals surface area contributed by atoms with Crippen LogP contribution >= 0.6 is 11.6 Å². The standard InChI is InChI=1S/C12H21ClN2O2/c1-8-10(11(13)15(4)14-8)6-9(16)7-12(2,3)17-5/h9,16H,6-7H2,1-5H3. The molecule has 1 unspecified atom stereocenters. The van der Waals surface area contributed by atoms with Crippen LogP contribution in [0.15, 0.2) is 0 Å². The lowest BCUT2D eigenvalue weighted by Gasteiger charge is -2.25. The Hall–Kier alpha value is -0.580. The van der Waals surface area contributed by atoms with Gasteiger partial charge < -0.3 is 9.84 Å². The van der Waals surface area contributed by atoms with Crippen molar-refractivity contribution in [3.8, 4) is 0 Å². The zero-order chi connectivity index (χ0) is 13.2. The van der Waals surface area contributed by atoms with Crippen LogP contribution in [-0.2, 0) is 18.2 Å². The van der Waals surface area contributed by atoms with Crippen LogP contribution < -0.4 is 0 Å². The van der Waals surface area contributed by atoms with Gasteiger partial charge in [0.2, 0.25) is 0 Å². The number of ether oxygens (including phenoxy) is 1. The van der Waals surface area contributed by atoms with Crippen LogP contribution in [0.2, 0.25) is 5.15 Å². The van der Waals surface area contributed by atoms with Crippen molar-refractivity contribution in [3.63, 3.8) is 0 Å². The molecule has 0 aliphatic heterocycles. The van der Waals surface area contributed by atoms with E-state index in [-0.39, 0.29) is 5.60 Å². The molecule has 0 radical (unpaired) electrons. The van der Waals surface area contributed by atoms with E-state index in [2.05, 4.69) is 5.10 Å². The van der Waals surface area contributed by atoms with Gasteiger partial charge in [0.15, 0.2) is 0 Å². The Labute approximate surface area is 108 Å². The molecule has 0 saturated carbocycles. The topological polar surface area (TPSA) is 47.3 Å². The minimum absolute atomic E-state index is 0.331. The summed E-state index contributed by atoms with van der Waals surface area (Å²) in [6.45, 7) is 5.80. The number of aliphatic hydroxyl groups excluding tert-OH is 1. The summed E-state index contributed by atoms with van der Waals surface area (Å²) in [4.78, 5) is 0. The van der Waals surface area contributed by atoms with Crippen LogP contribution in [0.4, 0.5) is 0 Å². The number of aryl methyl sites for hydroxylation is 2. The largest absolute Gasteiger partial charge is 0.393 e. The molecule has 0 fully saturated rings. The summed E-state index contributed by atoms with van der Waals surface area (Å²) in [7, 11) is 3.44. The summed E-state index contributed by atoms with van der Waals surface area (Å²) in [5, 5.41) is 14.9. The highest BCUT2D eigenvalue weighted by Gasteiger charge is 2.23. The lowest BCUT2D eigenvalue weighted by molar-refractivity contribution is -0.0191. The Morgan fingerprint density at radius 2 is 2.12 bits per heavy atom. The Kier molecular flexibility index (Phi) is 4.58. The molecule has 1 aromatic heterocycles. The summed E-state index contributed by atoms with van der Waals surface area (Å²) < 4.78 is 6.92. The molecule has 0 amide bonds. The Morgan fingerprint density at radius 1 is 1.53 bits per heavy atom. The van der Waals surface area contributed by atoms with Gasteiger partial charge in [-0.1, -0.05) is 11.6 Å². The second kappa shape index (κ2) is 5.38. The third kappa shape index (κ3) is 3.69. The first-order valence-electron chi connectivity index (χ1n) is 5.68. The summed E-state index contributed by atoms with van der Waals surface area (Å²) in [5.41, 5.74) is 1.45. The third-order valence-corrected chi connectivity index (χ3v) is 3.46. The molecule has 1 heterocycles. The molecule has 5 heteroatoms. The molecule has 4 nitrogen and oxygen atoms in total. The highest BCUT2D eigenvalue weighted by atomic mass is 35.5. The highest BCUT2D eigenvalue weighted by Crippen LogP contribution is 2.23. The lowest BCUT2D eigenvalue weighted by atomic mass is 9.96. The number of hydrogen-bond acceptors (Lipinski definition) is 3. The van der Waals surface area contributed by atoms with Crippen molar-refractivity contribution in [2.75, 3.05) is 7.11 Å². The minimum Gasteiger partial charge on any atom is -0.393 e. The predicted molar refractivity (Wildman–Crippen MR) is 68.4 cm³/mol. The van der Waals surface area contributed by atoms with Gasteiger partial charge in [-0.2, -0.15) is 5.10 Å². The van der Waals surface area contributed by atoms with Gasteiger partial charge in [-0.3, -0.25) is 4.68 Å². The molecule has 1 N–H and O–H groups in total. The van der Waals surface area contributed by atoms with E-state index >= 15 is 0 Å². The Bertz CT molecular complexity index is 388. The third-order valence-electron chi connectivity index (χ3n) is 2.99. The first-order valence-corrected chi connectivity index (χ1v) is 6.06. The van der Waals surface area contributed by atoms with Crippen molar-refractivity contribution in [1.82, 2.24) is 9.78 Å². The van der Waals surface area contributed by atoms with E-state index in [1.807, 2.05) is 20.8 Å². The van der Waals surface area contributed by atoms with Gasteiger partial charge in [-0.05, 0) is 20.8 Å². The molecule has 1 aromatic rings. The van der Waals surface area contributed by atoms with Crippen LogP contribution in [-0.4, -0.2) is 33.7 Å². The monoisotopic (exact) mass is 260 g/mol. The molecule has 0 aliphatic rings. The smallest absolute Gasteiger partial charge is 0.130 e. The first-order chi connectivity index (χ1) is 7.76. The Morgan fingerprint density at radius 3 is 2.53 bits per heavy atom. The number of aromatic nitrogens is 2. The molecule has 1 rings (SSSR count). The SMILES string of the molecule is COC(C)(C)CC(O)Cc1c(C)nn(C)c1Cl. The van der Waals surface area contributed by atoms with Crippen molar-refractivity contribution in [2.24, 2.45) is 7.05 Å². The molecule has 17 heavy (non-hydrogen) atoms. The number of methoxy groups -OCH3 is 1. The molecule has 0 spiro atoms. The predicted octanol–water partition coefficient (Wildman–Crippen LogP) is 2.10. The summed E-state index contributed by atoms with van der Waals surface area (Å²) in [6.07, 6.45) is 0.588. The van der Waals surface area contributed by atoms with E-state index in [4.69, 9.17) is 16.3 Å². The molecular weight excluding hydrogens is 240 g/mol. The molecule has 98 valence electrons. The minimum atomic E-state index is -0.481. The first kappa shape index (κ1) is 14.5. The van der Waals surface area contributed by atoms with Crippen molar-refractivity contribution in [1.29, 1.82) is 0 Å². The van der Waals surface area contributed by atoms with E-state index in [0.717, 1.165) is 11.3 Å². The van der Waals surface area contributed by atoms with Gasteiger partial charge in [0, 0.05) is 32.6 Å². The van der Waals surface area contributed by atoms with Gasteiger partial charge in [-0.15, -0.1) is 0 Å². The molecular formula is C12H21ClN2O2. The maximum Gasteiger partial charge on any atom is 0.130 e. The van der Waals surface area contributed by atoms with Gasteiger partial charge in [0.25, 0.3) is 0 Å². The van der Waals surface area contributed by atoms with E-state index < -0.39 is 6.10 Å². The number of hydrogen-bond donors (Lipinski definition) is 1. The maximum atomic E-state index is 10.1. The van der Waals surface area contributed by atoms with E-state index in [1.165, 1.54) is 0 Å². The quantitative estimate of drug-likeness (QED) is 0.882. The van der Waals surface area contributed by atoms with E-state index in [0.29, 0.717) is 18.0 Å². The summed E-state index contributed by atoms with van der Waals surface area (Å²) >= 11 is 6.12. The fraction of sp³-hybridized carbons (Fsp3) is 0.750. The zero-order valence-corrected chi connectivity index (χ0v) is 11.9. The Balaban J connectivity index is 2.71. The van der Waals surface area contributed by atoms with Crippen LogP contribution in [0.1, 0.15) is 31.5 Å². The van der Waals surface area contributed by atoms with Gasteiger partial charge in [-0.25, -0.2) is 0 Å². The molecule has 0 aliphatic carbocycles. The number of aliphatic hydroxyl groups is 1. The summed E-state index contributed by atoms with van der Waals surface area (Å²) in [5.74, 6) is 0. The summed E-state index contributed by atoms with van der Waals surface area (Å²) in [6, 6.07) is 0. The van der Waals surface area contributed by atoms with Crippen LogP contribution in [0.25, 0.3) is 0 Å². The second-order valence-electron chi connectivity index (χ2n) is 5.00. The van der Waals surface area contributed by atoms with Gasteiger partial charge in [0.1, 0.15) is 5.15 Å². The second-order valence-corrected chi connectivity index (χ2v) is 5.36. The van der Waals surface area contributed by atoms with Crippen LogP contribution in [0, 0.1) is 6.92 Å². The van der Waals surface area contributed by atoms with Gasteiger partial charge >= 0.3 is 0 Å². The highest BCUT2D eigenvalue weighted by molar-refractivity contribution is 6.30.